The highest BCUT2D eigenvalue weighted by Gasteiger charge is 2.51. The molecule has 0 saturated carbocycles. The summed E-state index contributed by atoms with van der Waals surface area (Å²) in [6, 6.07) is -0.931. The molecular weight excluding hydrogens is 871 g/mol. The van der Waals surface area contributed by atoms with Gasteiger partial charge in [-0.05, 0) is 44.9 Å². The van der Waals surface area contributed by atoms with Crippen LogP contribution in [0, 0.1) is 0 Å². The van der Waals surface area contributed by atoms with Gasteiger partial charge in [0.2, 0.25) is 5.91 Å². The predicted octanol–water partition coefficient (Wildman–Crippen LogP) is 7.88. The van der Waals surface area contributed by atoms with Crippen LogP contribution in [0.25, 0.3) is 0 Å². The van der Waals surface area contributed by atoms with Crippen LogP contribution in [0.4, 0.5) is 0 Å². The Hall–Kier alpha value is -1.79. The number of hydrogen-bond acceptors (Lipinski definition) is 13. The zero-order valence-corrected chi connectivity index (χ0v) is 42.3. The Labute approximate surface area is 411 Å². The summed E-state index contributed by atoms with van der Waals surface area (Å²) in [4.78, 5) is 12.7. The fraction of sp³-hybridized carbons (Fsp3) is 0.870. The first-order valence-corrected chi connectivity index (χ1v) is 27.2. The molecule has 0 aliphatic carbocycles. The lowest BCUT2D eigenvalue weighted by Gasteiger charge is -2.46. The second-order valence-corrected chi connectivity index (χ2v) is 19.3. The van der Waals surface area contributed by atoms with Crippen LogP contribution in [0.1, 0.15) is 206 Å². The van der Waals surface area contributed by atoms with Gasteiger partial charge >= 0.3 is 0 Å². The van der Waals surface area contributed by atoms with Gasteiger partial charge in [0.15, 0.2) is 12.6 Å². The number of amides is 1. The van der Waals surface area contributed by atoms with E-state index < -0.39 is 86.8 Å². The molecule has 2 rings (SSSR count). The lowest BCUT2D eigenvalue weighted by Crippen LogP contribution is -2.65. The molecule has 12 unspecified atom stereocenters. The van der Waals surface area contributed by atoms with E-state index in [2.05, 4.69) is 36.5 Å². The van der Waals surface area contributed by atoms with Crippen LogP contribution >= 0.6 is 0 Å². The normalized spacial score (nSPS) is 26.6. The van der Waals surface area contributed by atoms with Crippen molar-refractivity contribution >= 4 is 5.91 Å². The third-order valence-electron chi connectivity index (χ3n) is 13.3. The fourth-order valence-corrected chi connectivity index (χ4v) is 8.83. The molecule has 0 spiro atoms. The van der Waals surface area contributed by atoms with Crippen LogP contribution in [0.15, 0.2) is 36.5 Å². The van der Waals surface area contributed by atoms with Crippen LogP contribution < -0.4 is 5.32 Å². The molecule has 2 aliphatic heterocycles. The highest BCUT2D eigenvalue weighted by atomic mass is 16.7. The number of carbonyl (C=O) groups excluding carboxylic acids is 1. The quantitative estimate of drug-likeness (QED) is 0.0210. The number of unbranched alkanes of at least 4 members (excludes halogenated alkanes) is 25. The van der Waals surface area contributed by atoms with Crippen molar-refractivity contribution in [2.75, 3.05) is 19.8 Å². The molecule has 1 amide bonds. The van der Waals surface area contributed by atoms with E-state index in [0.29, 0.717) is 12.8 Å². The molecule has 0 aromatic heterocycles. The number of carbonyl (C=O) groups is 1. The molecule has 2 fully saturated rings. The second-order valence-electron chi connectivity index (χ2n) is 19.3. The van der Waals surface area contributed by atoms with Crippen molar-refractivity contribution in [1.82, 2.24) is 5.32 Å². The third-order valence-corrected chi connectivity index (χ3v) is 13.3. The topological polar surface area (TPSA) is 228 Å². The summed E-state index contributed by atoms with van der Waals surface area (Å²) in [5.74, 6) is -0.290. The van der Waals surface area contributed by atoms with Gasteiger partial charge in [-0.2, -0.15) is 0 Å². The molecule has 0 bridgehead atoms. The monoisotopic (exact) mass is 970 g/mol. The highest BCUT2D eigenvalue weighted by Crippen LogP contribution is 2.30. The van der Waals surface area contributed by atoms with Gasteiger partial charge in [-0.15, -0.1) is 0 Å². The first-order valence-electron chi connectivity index (χ1n) is 27.2. The van der Waals surface area contributed by atoms with Crippen molar-refractivity contribution in [2.45, 2.75) is 280 Å². The van der Waals surface area contributed by atoms with Crippen molar-refractivity contribution in [2.24, 2.45) is 0 Å². The van der Waals surface area contributed by atoms with E-state index in [4.69, 9.17) is 18.9 Å². The maximum Gasteiger partial charge on any atom is 0.220 e. The molecule has 12 atom stereocenters. The molecule has 2 saturated heterocycles. The van der Waals surface area contributed by atoms with E-state index in [0.717, 1.165) is 32.1 Å². The van der Waals surface area contributed by atoms with Gasteiger partial charge in [-0.3, -0.25) is 4.79 Å². The van der Waals surface area contributed by atoms with Crippen LogP contribution in [0.2, 0.25) is 0 Å². The zero-order valence-electron chi connectivity index (χ0n) is 42.3. The number of ether oxygens (including phenoxy) is 4. The van der Waals surface area contributed by atoms with E-state index in [1.54, 1.807) is 6.08 Å². The third kappa shape index (κ3) is 27.1. The van der Waals surface area contributed by atoms with E-state index in [9.17, 15) is 45.6 Å². The number of allylic oxidation sites excluding steroid dienone is 5. The molecule has 2 aliphatic rings. The molecule has 398 valence electrons. The Bertz CT molecular complexity index is 1280. The molecule has 0 aromatic rings. The lowest BCUT2D eigenvalue weighted by molar-refractivity contribution is -0.359. The van der Waals surface area contributed by atoms with Crippen molar-refractivity contribution in [3.63, 3.8) is 0 Å². The largest absolute Gasteiger partial charge is 0.394 e. The summed E-state index contributed by atoms with van der Waals surface area (Å²) in [6.45, 7) is 2.50. The minimum atomic E-state index is -1.79. The molecule has 68 heavy (non-hydrogen) atoms. The summed E-state index contributed by atoms with van der Waals surface area (Å²) in [5, 5.41) is 85.9. The molecule has 0 aromatic carbocycles. The van der Waals surface area contributed by atoms with Gasteiger partial charge in [-0.1, -0.05) is 192 Å². The van der Waals surface area contributed by atoms with Crippen molar-refractivity contribution in [1.29, 1.82) is 0 Å². The molecule has 9 N–H and O–H groups in total. The van der Waals surface area contributed by atoms with Gasteiger partial charge < -0.3 is 65.1 Å². The number of aliphatic hydroxyl groups is 8. The van der Waals surface area contributed by atoms with E-state index >= 15 is 0 Å². The smallest absolute Gasteiger partial charge is 0.220 e. The minimum Gasteiger partial charge on any atom is -0.394 e. The Morgan fingerprint density at radius 2 is 0.941 bits per heavy atom. The van der Waals surface area contributed by atoms with Crippen molar-refractivity contribution in [3.8, 4) is 0 Å². The predicted molar refractivity (Wildman–Crippen MR) is 268 cm³/mol. The van der Waals surface area contributed by atoms with Gasteiger partial charge in [-0.25, -0.2) is 0 Å². The molecule has 0 radical (unpaired) electrons. The SMILES string of the molecule is CCCCCCCCCCCCCCCCCCCCCCCC/C=C/CC/C=C/CC/C=C/C(O)C(COC1OC(CO)C(OC2OC(CO)C(O)C(O)C2O)C(O)C1O)NC(=O)CCCC. The second kappa shape index (κ2) is 40.8. The summed E-state index contributed by atoms with van der Waals surface area (Å²) in [6.07, 6.45) is 32.4. The van der Waals surface area contributed by atoms with E-state index in [-0.39, 0.29) is 18.9 Å². The molecule has 14 heteroatoms. The maximum atomic E-state index is 12.7. The summed E-state index contributed by atoms with van der Waals surface area (Å²) >= 11 is 0. The Balaban J connectivity index is 1.57. The summed E-state index contributed by atoms with van der Waals surface area (Å²) in [5.41, 5.74) is 0. The van der Waals surface area contributed by atoms with Crippen LogP contribution in [0.5, 0.6) is 0 Å². The van der Waals surface area contributed by atoms with Crippen LogP contribution in [-0.4, -0.2) is 140 Å². The van der Waals surface area contributed by atoms with Gasteiger partial charge in [0.05, 0.1) is 32.0 Å². The highest BCUT2D eigenvalue weighted by molar-refractivity contribution is 5.76. The standard InChI is InChI=1S/C54H99NO13/c1-3-5-7-8-9-10-11-12-13-14-15-16-17-18-19-20-21-22-23-24-25-26-27-28-29-30-31-32-33-34-35-36-37-43(58)42(55-46(59)38-6-4-2)41-65-53-51(64)49(62)52(45(40-57)67-53)68-54-50(63)48(61)47(60)44(39-56)66-54/h28-29,32-33,36-37,42-45,47-54,56-58,60-64H,3-27,30-31,34-35,38-41H2,1-2H3,(H,55,59)/b29-28+,33-32+,37-36+. The van der Waals surface area contributed by atoms with Gasteiger partial charge in [0.25, 0.3) is 0 Å². The first-order chi connectivity index (χ1) is 33.1. The molecular formula is C54H99NO13. The average Bonchev–Trinajstić information content (AvgIpc) is 3.34. The lowest BCUT2D eigenvalue weighted by atomic mass is 9.97. The molecule has 14 nitrogen and oxygen atoms in total. The first kappa shape index (κ1) is 62.3. The van der Waals surface area contributed by atoms with Crippen molar-refractivity contribution in [3.05, 3.63) is 36.5 Å². The maximum absolute atomic E-state index is 12.7. The van der Waals surface area contributed by atoms with Crippen LogP contribution in [0.3, 0.4) is 0 Å². The number of hydrogen-bond donors (Lipinski definition) is 9. The Kier molecular flexibility index (Phi) is 37.4. The number of nitrogens with one attached hydrogen (secondary N) is 1. The van der Waals surface area contributed by atoms with Gasteiger partial charge in [0.1, 0.15) is 48.8 Å². The fourth-order valence-electron chi connectivity index (χ4n) is 8.83. The summed E-state index contributed by atoms with van der Waals surface area (Å²) < 4.78 is 22.4. The summed E-state index contributed by atoms with van der Waals surface area (Å²) in [7, 11) is 0. The van der Waals surface area contributed by atoms with E-state index in [1.165, 1.54) is 141 Å². The average molecular weight is 970 g/mol. The Morgan fingerprint density at radius 1 is 0.515 bits per heavy atom. The van der Waals surface area contributed by atoms with Crippen LogP contribution in [-0.2, 0) is 23.7 Å². The number of aliphatic hydroxyl groups excluding tert-OH is 8. The molecule has 2 heterocycles. The van der Waals surface area contributed by atoms with E-state index in [1.807, 2.05) is 13.0 Å². The Morgan fingerprint density at radius 3 is 1.43 bits per heavy atom. The minimum absolute atomic E-state index is 0.244. The van der Waals surface area contributed by atoms with Crippen molar-refractivity contribution < 1.29 is 64.6 Å². The van der Waals surface area contributed by atoms with Gasteiger partial charge in [0, 0.05) is 6.42 Å². The zero-order chi connectivity index (χ0) is 49.6. The number of rotatable bonds is 42.